The molecule has 2 amide bonds. The molecule has 2 heterocycles. The van der Waals surface area contributed by atoms with Crippen molar-refractivity contribution in [2.45, 2.75) is 13.0 Å². The number of pyridine rings is 1. The van der Waals surface area contributed by atoms with Crippen molar-refractivity contribution < 1.29 is 14.0 Å². The molecular formula is C24H23FN4O3. The molecule has 0 unspecified atom stereocenters. The molecule has 2 aromatic carbocycles. The van der Waals surface area contributed by atoms with Crippen LogP contribution in [0, 0.1) is 5.82 Å². The van der Waals surface area contributed by atoms with E-state index in [1.165, 1.54) is 28.8 Å². The molecule has 0 fully saturated rings. The number of halogens is 1. The fourth-order valence-electron chi connectivity index (χ4n) is 3.98. The van der Waals surface area contributed by atoms with Crippen LogP contribution in [-0.4, -0.2) is 41.9 Å². The van der Waals surface area contributed by atoms with Gasteiger partial charge < -0.3 is 15.5 Å². The molecule has 0 saturated heterocycles. The minimum atomic E-state index is -0.818. The summed E-state index contributed by atoms with van der Waals surface area (Å²) in [6.45, 7) is 0.584. The second-order valence-electron chi connectivity index (χ2n) is 7.95. The van der Waals surface area contributed by atoms with Gasteiger partial charge in [-0.25, -0.2) is 4.39 Å². The highest BCUT2D eigenvalue weighted by Crippen LogP contribution is 2.24. The Kier molecular flexibility index (Phi) is 5.52. The van der Waals surface area contributed by atoms with Crippen LogP contribution in [0.4, 0.5) is 10.1 Å². The molecule has 0 atom stereocenters. The van der Waals surface area contributed by atoms with Crippen molar-refractivity contribution in [1.82, 2.24) is 9.47 Å². The van der Waals surface area contributed by atoms with Gasteiger partial charge in [-0.1, -0.05) is 6.07 Å². The number of carbonyl (C=O) groups is 2. The molecule has 8 heteroatoms. The number of fused-ring (bicyclic) bond motifs is 1. The third-order valence-corrected chi connectivity index (χ3v) is 5.65. The second kappa shape index (κ2) is 8.30. The van der Waals surface area contributed by atoms with Crippen molar-refractivity contribution in [3.63, 3.8) is 0 Å². The molecule has 0 aliphatic carbocycles. The summed E-state index contributed by atoms with van der Waals surface area (Å²) in [7, 11) is 3.81. The van der Waals surface area contributed by atoms with Gasteiger partial charge in [0, 0.05) is 50.3 Å². The van der Waals surface area contributed by atoms with Crippen molar-refractivity contribution in [3.05, 3.63) is 93.2 Å². The smallest absolute Gasteiger partial charge is 0.268 e. The second-order valence-corrected chi connectivity index (χ2v) is 7.95. The maximum absolute atomic E-state index is 13.4. The van der Waals surface area contributed by atoms with Crippen LogP contribution in [0.25, 0.3) is 5.69 Å². The van der Waals surface area contributed by atoms with Crippen LogP contribution in [0.15, 0.2) is 59.5 Å². The van der Waals surface area contributed by atoms with E-state index in [-0.39, 0.29) is 18.0 Å². The number of aromatic nitrogens is 1. The van der Waals surface area contributed by atoms with Crippen molar-refractivity contribution in [3.8, 4) is 5.69 Å². The molecule has 1 aromatic heterocycles. The van der Waals surface area contributed by atoms with Crippen LogP contribution in [0.3, 0.4) is 0 Å². The fourth-order valence-corrected chi connectivity index (χ4v) is 3.98. The van der Waals surface area contributed by atoms with Gasteiger partial charge in [-0.15, -0.1) is 0 Å². The lowest BCUT2D eigenvalue weighted by Gasteiger charge is -2.30. The minimum Gasteiger partial charge on any atom is -0.378 e. The number of rotatable bonds is 4. The molecule has 0 saturated carbocycles. The molecule has 32 heavy (non-hydrogen) atoms. The Balaban J connectivity index is 1.74. The van der Waals surface area contributed by atoms with Crippen LogP contribution >= 0.6 is 0 Å². The van der Waals surface area contributed by atoms with E-state index >= 15 is 0 Å². The predicted molar refractivity (Wildman–Crippen MR) is 120 cm³/mol. The molecule has 164 valence electrons. The standard InChI is InChI=1S/C24H23FN4O3/c1-27(2)19-5-3-4-15(12-19)23(31)28-11-10-20-16(13-28)14-29(24(32)21(20)22(26)30)18-8-6-17(25)7-9-18/h3-9,12,14H,10-11,13H2,1-2H3,(H2,26,30). The molecule has 1 aliphatic heterocycles. The number of carbonyl (C=O) groups excluding carboxylic acids is 2. The molecule has 2 N–H and O–H groups in total. The summed E-state index contributed by atoms with van der Waals surface area (Å²) in [4.78, 5) is 41.9. The Labute approximate surface area is 184 Å². The number of nitrogens with zero attached hydrogens (tertiary/aromatic N) is 3. The zero-order chi connectivity index (χ0) is 23.0. The van der Waals surface area contributed by atoms with Crippen LogP contribution in [0.5, 0.6) is 0 Å². The Morgan fingerprint density at radius 2 is 1.81 bits per heavy atom. The summed E-state index contributed by atoms with van der Waals surface area (Å²) < 4.78 is 14.6. The Bertz CT molecular complexity index is 1270. The minimum absolute atomic E-state index is 0.0893. The highest BCUT2D eigenvalue weighted by atomic mass is 19.1. The summed E-state index contributed by atoms with van der Waals surface area (Å²) in [5.41, 5.74) is 7.99. The van der Waals surface area contributed by atoms with Gasteiger partial charge in [0.25, 0.3) is 17.4 Å². The van der Waals surface area contributed by atoms with Crippen LogP contribution in [0.2, 0.25) is 0 Å². The summed E-state index contributed by atoms with van der Waals surface area (Å²) in [5, 5.41) is 0. The first-order chi connectivity index (χ1) is 15.3. The fraction of sp³-hybridized carbons (Fsp3) is 0.208. The molecule has 7 nitrogen and oxygen atoms in total. The largest absolute Gasteiger partial charge is 0.378 e. The van der Waals surface area contributed by atoms with Gasteiger partial charge in [0.1, 0.15) is 11.4 Å². The number of amides is 2. The number of primary amides is 1. The molecule has 0 radical (unpaired) electrons. The number of hydrogen-bond donors (Lipinski definition) is 1. The summed E-state index contributed by atoms with van der Waals surface area (Å²) in [5.74, 6) is -1.40. The summed E-state index contributed by atoms with van der Waals surface area (Å²) in [6.07, 6.45) is 1.94. The normalized spacial score (nSPS) is 12.9. The van der Waals surface area contributed by atoms with E-state index in [0.717, 1.165) is 5.69 Å². The summed E-state index contributed by atoms with van der Waals surface area (Å²) >= 11 is 0. The first-order valence-corrected chi connectivity index (χ1v) is 10.2. The first kappa shape index (κ1) is 21.3. The predicted octanol–water partition coefficient (Wildman–Crippen LogP) is 2.34. The van der Waals surface area contributed by atoms with E-state index < -0.39 is 17.3 Å². The number of anilines is 1. The summed E-state index contributed by atoms with van der Waals surface area (Å²) in [6, 6.07) is 12.7. The Morgan fingerprint density at radius 3 is 2.47 bits per heavy atom. The van der Waals surface area contributed by atoms with Crippen molar-refractivity contribution in [2.75, 3.05) is 25.5 Å². The van der Waals surface area contributed by atoms with Crippen molar-refractivity contribution in [1.29, 1.82) is 0 Å². The van der Waals surface area contributed by atoms with E-state index in [9.17, 15) is 18.8 Å². The monoisotopic (exact) mass is 434 g/mol. The van der Waals surface area contributed by atoms with E-state index in [1.54, 1.807) is 17.2 Å². The molecule has 0 bridgehead atoms. The van der Waals surface area contributed by atoms with Crippen LogP contribution in [0.1, 0.15) is 31.8 Å². The van der Waals surface area contributed by atoms with Gasteiger partial charge in [0.2, 0.25) is 0 Å². The lowest BCUT2D eigenvalue weighted by molar-refractivity contribution is 0.0734. The highest BCUT2D eigenvalue weighted by Gasteiger charge is 2.28. The quantitative estimate of drug-likeness (QED) is 0.683. The van der Waals surface area contributed by atoms with Crippen molar-refractivity contribution >= 4 is 17.5 Å². The van der Waals surface area contributed by atoms with Crippen LogP contribution in [-0.2, 0) is 13.0 Å². The number of hydrogen-bond acceptors (Lipinski definition) is 4. The maximum atomic E-state index is 13.4. The maximum Gasteiger partial charge on any atom is 0.268 e. The SMILES string of the molecule is CN(C)c1cccc(C(=O)N2CCc3c(cn(-c4ccc(F)cc4)c(=O)c3C(N)=O)C2)c1. The lowest BCUT2D eigenvalue weighted by atomic mass is 9.95. The molecule has 4 rings (SSSR count). The average Bonchev–Trinajstić information content (AvgIpc) is 2.78. The molecular weight excluding hydrogens is 411 g/mol. The van der Waals surface area contributed by atoms with E-state index in [0.29, 0.717) is 35.3 Å². The Hall–Kier alpha value is -3.94. The van der Waals surface area contributed by atoms with Gasteiger partial charge >= 0.3 is 0 Å². The number of nitrogens with two attached hydrogens (primary N) is 1. The zero-order valence-electron chi connectivity index (χ0n) is 17.8. The first-order valence-electron chi connectivity index (χ1n) is 10.2. The Morgan fingerprint density at radius 1 is 1.09 bits per heavy atom. The highest BCUT2D eigenvalue weighted by molar-refractivity contribution is 5.96. The van der Waals surface area contributed by atoms with Gasteiger partial charge in [-0.2, -0.15) is 0 Å². The molecule has 1 aliphatic rings. The number of benzene rings is 2. The van der Waals surface area contributed by atoms with Crippen LogP contribution < -0.4 is 16.2 Å². The molecule has 0 spiro atoms. The zero-order valence-corrected chi connectivity index (χ0v) is 17.8. The van der Waals surface area contributed by atoms with Crippen molar-refractivity contribution in [2.24, 2.45) is 5.73 Å². The van der Waals surface area contributed by atoms with E-state index in [2.05, 4.69) is 0 Å². The van der Waals surface area contributed by atoms with Gasteiger partial charge in [-0.05, 0) is 60.0 Å². The third-order valence-electron chi connectivity index (χ3n) is 5.65. The average molecular weight is 434 g/mol. The van der Waals surface area contributed by atoms with Gasteiger partial charge in [0.05, 0.1) is 0 Å². The topological polar surface area (TPSA) is 88.6 Å². The van der Waals surface area contributed by atoms with Gasteiger partial charge in [-0.3, -0.25) is 19.0 Å². The van der Waals surface area contributed by atoms with E-state index in [1.807, 2.05) is 37.2 Å². The third kappa shape index (κ3) is 3.87. The molecule has 3 aromatic rings. The van der Waals surface area contributed by atoms with Gasteiger partial charge in [0.15, 0.2) is 0 Å². The van der Waals surface area contributed by atoms with E-state index in [4.69, 9.17) is 5.73 Å². The lowest BCUT2D eigenvalue weighted by Crippen LogP contribution is -2.40.